The van der Waals surface area contributed by atoms with Crippen molar-refractivity contribution in [3.63, 3.8) is 0 Å². The van der Waals surface area contributed by atoms with Crippen LogP contribution in [0.3, 0.4) is 0 Å². The quantitative estimate of drug-likeness (QED) is 0.838. The first-order valence-electron chi connectivity index (χ1n) is 8.63. The van der Waals surface area contributed by atoms with E-state index in [2.05, 4.69) is 10.6 Å². The number of rotatable bonds is 5. The lowest BCUT2D eigenvalue weighted by atomic mass is 10.1. The molecule has 0 unspecified atom stereocenters. The van der Waals surface area contributed by atoms with Gasteiger partial charge in [-0.3, -0.25) is 9.59 Å². The van der Waals surface area contributed by atoms with E-state index in [-0.39, 0.29) is 17.9 Å². The zero-order chi connectivity index (χ0) is 18.7. The molecule has 1 aliphatic rings. The lowest BCUT2D eigenvalue weighted by molar-refractivity contribution is -0.122. The minimum absolute atomic E-state index is 0.0590. The zero-order valence-corrected chi connectivity index (χ0v) is 15.5. The third-order valence-corrected chi connectivity index (χ3v) is 4.64. The summed E-state index contributed by atoms with van der Waals surface area (Å²) in [6.07, 6.45) is 0.633. The second kappa shape index (κ2) is 7.79. The number of ether oxygens (including phenoxy) is 1. The maximum absolute atomic E-state index is 12.6. The van der Waals surface area contributed by atoms with Crippen molar-refractivity contribution in [2.45, 2.75) is 38.8 Å². The lowest BCUT2D eigenvalue weighted by Crippen LogP contribution is -2.34. The van der Waals surface area contributed by atoms with Crippen LogP contribution in [0.15, 0.2) is 42.5 Å². The second-order valence-corrected chi connectivity index (χ2v) is 6.82. The molecule has 1 heterocycles. The first-order valence-corrected chi connectivity index (χ1v) is 9.01. The van der Waals surface area contributed by atoms with Crippen LogP contribution in [0.25, 0.3) is 0 Å². The number of anilines is 1. The smallest absolute Gasteiger partial charge is 0.265 e. The number of hydrogen-bond acceptors (Lipinski definition) is 3. The predicted octanol–water partition coefficient (Wildman–Crippen LogP) is 3.81. The van der Waals surface area contributed by atoms with Gasteiger partial charge in [-0.05, 0) is 49.2 Å². The Kier molecular flexibility index (Phi) is 5.47. The first-order chi connectivity index (χ1) is 12.5. The lowest BCUT2D eigenvalue weighted by Gasteiger charge is -2.16. The molecule has 2 atom stereocenters. The number of nitrogens with one attached hydrogen (secondary N) is 2. The molecule has 26 heavy (non-hydrogen) atoms. The molecule has 3 rings (SSSR count). The van der Waals surface area contributed by atoms with Gasteiger partial charge in [0.05, 0.1) is 11.3 Å². The number of benzene rings is 2. The summed E-state index contributed by atoms with van der Waals surface area (Å²) in [5, 5.41) is 6.34. The summed E-state index contributed by atoms with van der Waals surface area (Å²) >= 11 is 5.99. The topological polar surface area (TPSA) is 67.4 Å². The van der Waals surface area contributed by atoms with E-state index in [9.17, 15) is 9.59 Å². The second-order valence-electron chi connectivity index (χ2n) is 6.38. The van der Waals surface area contributed by atoms with Gasteiger partial charge in [-0.1, -0.05) is 30.7 Å². The van der Waals surface area contributed by atoms with E-state index in [1.165, 1.54) is 0 Å². The largest absolute Gasteiger partial charge is 0.480 e. The molecule has 2 N–H and O–H groups in total. The molecule has 136 valence electrons. The van der Waals surface area contributed by atoms with E-state index in [4.69, 9.17) is 16.3 Å². The molecule has 5 nitrogen and oxygen atoms in total. The highest BCUT2D eigenvalue weighted by atomic mass is 35.5. The SMILES string of the molecule is CC[C@H](C)NC(=O)c1ccccc1NC(=O)[C@H]1Cc2cc(Cl)ccc2O1. The first kappa shape index (κ1) is 18.3. The van der Waals surface area contributed by atoms with Crippen molar-refractivity contribution in [2.75, 3.05) is 5.32 Å². The molecule has 2 amide bonds. The number of fused-ring (bicyclic) bond motifs is 1. The third kappa shape index (κ3) is 3.99. The van der Waals surface area contributed by atoms with Crippen molar-refractivity contribution in [3.8, 4) is 5.75 Å². The summed E-state index contributed by atoms with van der Waals surface area (Å²) in [6, 6.07) is 12.3. The number of carbonyl (C=O) groups excluding carboxylic acids is 2. The van der Waals surface area contributed by atoms with E-state index >= 15 is 0 Å². The van der Waals surface area contributed by atoms with E-state index in [0.29, 0.717) is 28.4 Å². The van der Waals surface area contributed by atoms with Gasteiger partial charge in [-0.25, -0.2) is 0 Å². The molecule has 2 aromatic rings. The van der Waals surface area contributed by atoms with Gasteiger partial charge in [0.2, 0.25) is 0 Å². The fourth-order valence-corrected chi connectivity index (χ4v) is 2.97. The van der Waals surface area contributed by atoms with Gasteiger partial charge >= 0.3 is 0 Å². The molecular weight excluding hydrogens is 352 g/mol. The van der Waals surface area contributed by atoms with Gasteiger partial charge in [0.1, 0.15) is 5.75 Å². The minimum atomic E-state index is -0.644. The van der Waals surface area contributed by atoms with E-state index < -0.39 is 6.10 Å². The Morgan fingerprint density at radius 2 is 2.04 bits per heavy atom. The van der Waals surface area contributed by atoms with Crippen LogP contribution in [0.2, 0.25) is 5.02 Å². The molecule has 0 spiro atoms. The van der Waals surface area contributed by atoms with Crippen LogP contribution >= 0.6 is 11.6 Å². The molecule has 0 bridgehead atoms. The molecule has 0 aromatic heterocycles. The maximum atomic E-state index is 12.6. The minimum Gasteiger partial charge on any atom is -0.480 e. The van der Waals surface area contributed by atoms with E-state index in [0.717, 1.165) is 12.0 Å². The molecule has 0 saturated carbocycles. The number of hydrogen-bond donors (Lipinski definition) is 2. The number of halogens is 1. The summed E-state index contributed by atoms with van der Waals surface area (Å²) in [7, 11) is 0. The van der Waals surface area contributed by atoms with Crippen molar-refractivity contribution in [3.05, 3.63) is 58.6 Å². The number of para-hydroxylation sites is 1. The highest BCUT2D eigenvalue weighted by Crippen LogP contribution is 2.31. The van der Waals surface area contributed by atoms with Gasteiger partial charge in [0.15, 0.2) is 6.10 Å². The normalized spacial score (nSPS) is 16.3. The average molecular weight is 373 g/mol. The summed E-state index contributed by atoms with van der Waals surface area (Å²) in [5.74, 6) is 0.163. The van der Waals surface area contributed by atoms with Crippen LogP contribution in [0.5, 0.6) is 5.75 Å². The summed E-state index contributed by atoms with van der Waals surface area (Å²) in [4.78, 5) is 25.1. The molecule has 0 aliphatic carbocycles. The summed E-state index contributed by atoms with van der Waals surface area (Å²) in [6.45, 7) is 3.94. The van der Waals surface area contributed by atoms with Crippen molar-refractivity contribution in [1.82, 2.24) is 5.32 Å². The monoisotopic (exact) mass is 372 g/mol. The van der Waals surface area contributed by atoms with Gasteiger partial charge in [-0.15, -0.1) is 0 Å². The Morgan fingerprint density at radius 1 is 1.27 bits per heavy atom. The van der Waals surface area contributed by atoms with Crippen molar-refractivity contribution in [1.29, 1.82) is 0 Å². The standard InChI is InChI=1S/C20H21ClN2O3/c1-3-12(2)22-19(24)15-6-4-5-7-16(15)23-20(25)18-11-13-10-14(21)8-9-17(13)26-18/h4-10,12,18H,3,11H2,1-2H3,(H,22,24)(H,23,25)/t12-,18+/m0/s1. The van der Waals surface area contributed by atoms with Crippen LogP contribution in [0.1, 0.15) is 36.2 Å². The zero-order valence-electron chi connectivity index (χ0n) is 14.7. The molecule has 6 heteroatoms. The number of carbonyl (C=O) groups is 2. The van der Waals surface area contributed by atoms with E-state index in [1.54, 1.807) is 42.5 Å². The van der Waals surface area contributed by atoms with Crippen molar-refractivity contribution >= 4 is 29.1 Å². The Labute approximate surface area is 157 Å². The summed E-state index contributed by atoms with van der Waals surface area (Å²) in [5.41, 5.74) is 1.80. The van der Waals surface area contributed by atoms with Crippen LogP contribution in [0.4, 0.5) is 5.69 Å². The summed E-state index contributed by atoms with van der Waals surface area (Å²) < 4.78 is 5.71. The van der Waals surface area contributed by atoms with Gasteiger partial charge in [-0.2, -0.15) is 0 Å². The molecule has 2 aromatic carbocycles. The third-order valence-electron chi connectivity index (χ3n) is 4.41. The van der Waals surface area contributed by atoms with Crippen LogP contribution in [-0.2, 0) is 11.2 Å². The van der Waals surface area contributed by atoms with Crippen LogP contribution < -0.4 is 15.4 Å². The maximum Gasteiger partial charge on any atom is 0.265 e. The van der Waals surface area contributed by atoms with Crippen LogP contribution in [0, 0.1) is 0 Å². The van der Waals surface area contributed by atoms with Gasteiger partial charge < -0.3 is 15.4 Å². The van der Waals surface area contributed by atoms with Gasteiger partial charge in [0, 0.05) is 17.5 Å². The Bertz CT molecular complexity index is 838. The predicted molar refractivity (Wildman–Crippen MR) is 102 cm³/mol. The van der Waals surface area contributed by atoms with E-state index in [1.807, 2.05) is 13.8 Å². The van der Waals surface area contributed by atoms with Gasteiger partial charge in [0.25, 0.3) is 11.8 Å². The highest BCUT2D eigenvalue weighted by molar-refractivity contribution is 6.30. The Morgan fingerprint density at radius 3 is 2.81 bits per heavy atom. The Hall–Kier alpha value is -2.53. The van der Waals surface area contributed by atoms with Crippen molar-refractivity contribution < 1.29 is 14.3 Å². The van der Waals surface area contributed by atoms with Crippen LogP contribution in [-0.4, -0.2) is 24.0 Å². The fourth-order valence-electron chi connectivity index (χ4n) is 2.77. The molecule has 0 saturated heterocycles. The Balaban J connectivity index is 1.72. The fraction of sp³-hybridized carbons (Fsp3) is 0.300. The molecule has 0 radical (unpaired) electrons. The molecular formula is C20H21ClN2O3. The average Bonchev–Trinajstić information content (AvgIpc) is 3.05. The van der Waals surface area contributed by atoms with Crippen molar-refractivity contribution in [2.24, 2.45) is 0 Å². The highest BCUT2D eigenvalue weighted by Gasteiger charge is 2.30. The molecule has 0 fully saturated rings. The number of amides is 2. The molecule has 1 aliphatic heterocycles.